The van der Waals surface area contributed by atoms with Crippen molar-refractivity contribution < 1.29 is 5.11 Å². The SMILES string of the molecule is CCN1CCCCC1(n1nnnc1-c1nn[nH]n1)C1(O)C=CC=CC1. The first kappa shape index (κ1) is 16.0. The predicted molar refractivity (Wildman–Crippen MR) is 87.9 cm³/mol. The summed E-state index contributed by atoms with van der Waals surface area (Å²) in [6.07, 6.45) is 10.9. The van der Waals surface area contributed by atoms with Crippen LogP contribution in [0, 0.1) is 0 Å². The number of hydrogen-bond acceptors (Lipinski definition) is 8. The summed E-state index contributed by atoms with van der Waals surface area (Å²) in [7, 11) is 0. The number of aromatic amines is 1. The highest BCUT2D eigenvalue weighted by atomic mass is 16.3. The van der Waals surface area contributed by atoms with E-state index in [2.05, 4.69) is 48.0 Å². The van der Waals surface area contributed by atoms with Crippen molar-refractivity contribution in [2.75, 3.05) is 13.1 Å². The topological polar surface area (TPSA) is 122 Å². The van der Waals surface area contributed by atoms with E-state index in [0.717, 1.165) is 32.4 Å². The number of nitrogens with one attached hydrogen (secondary N) is 1. The Bertz CT molecular complexity index is 783. The molecule has 2 unspecified atom stereocenters. The summed E-state index contributed by atoms with van der Waals surface area (Å²) in [6.45, 7) is 3.72. The van der Waals surface area contributed by atoms with Gasteiger partial charge in [0.05, 0.1) is 0 Å². The van der Waals surface area contributed by atoms with E-state index in [0.29, 0.717) is 18.1 Å². The molecule has 2 aliphatic rings. The van der Waals surface area contributed by atoms with Gasteiger partial charge in [0.15, 0.2) is 5.66 Å². The summed E-state index contributed by atoms with van der Waals surface area (Å²) in [4.78, 5) is 2.25. The van der Waals surface area contributed by atoms with Crippen LogP contribution in [0.5, 0.6) is 0 Å². The number of hydrogen-bond donors (Lipinski definition) is 2. The van der Waals surface area contributed by atoms with Gasteiger partial charge in [-0.05, 0) is 47.5 Å². The van der Waals surface area contributed by atoms with Crippen molar-refractivity contribution in [3.63, 3.8) is 0 Å². The van der Waals surface area contributed by atoms with Gasteiger partial charge in [0.25, 0.3) is 0 Å². The minimum Gasteiger partial charge on any atom is -0.381 e. The Morgan fingerprint density at radius 3 is 2.92 bits per heavy atom. The molecule has 2 N–H and O–H groups in total. The number of aromatic nitrogens is 8. The monoisotopic (exact) mass is 343 g/mol. The second-order valence-corrected chi connectivity index (χ2v) is 6.42. The van der Waals surface area contributed by atoms with Crippen molar-refractivity contribution in [3.05, 3.63) is 24.3 Å². The van der Waals surface area contributed by atoms with E-state index in [1.807, 2.05) is 24.3 Å². The van der Waals surface area contributed by atoms with Gasteiger partial charge in [-0.15, -0.1) is 15.3 Å². The zero-order chi connectivity index (χ0) is 17.3. The van der Waals surface area contributed by atoms with Gasteiger partial charge < -0.3 is 5.11 Å². The molecule has 1 aliphatic heterocycles. The molecule has 0 radical (unpaired) electrons. The van der Waals surface area contributed by atoms with Crippen LogP contribution in [0.1, 0.15) is 32.6 Å². The number of likely N-dealkylation sites (N-methyl/N-ethyl adjacent to an activating group) is 1. The van der Waals surface area contributed by atoms with Crippen molar-refractivity contribution in [1.82, 2.24) is 45.7 Å². The number of tetrazole rings is 2. The maximum atomic E-state index is 11.7. The first-order valence-corrected chi connectivity index (χ1v) is 8.56. The molecular weight excluding hydrogens is 322 g/mol. The van der Waals surface area contributed by atoms with E-state index >= 15 is 0 Å². The van der Waals surface area contributed by atoms with E-state index in [1.165, 1.54) is 0 Å². The van der Waals surface area contributed by atoms with Crippen molar-refractivity contribution in [2.24, 2.45) is 0 Å². The second-order valence-electron chi connectivity index (χ2n) is 6.42. The molecule has 0 saturated carbocycles. The van der Waals surface area contributed by atoms with Crippen molar-refractivity contribution in [2.45, 2.75) is 43.9 Å². The van der Waals surface area contributed by atoms with Crippen LogP contribution in [0.15, 0.2) is 24.3 Å². The van der Waals surface area contributed by atoms with Gasteiger partial charge in [-0.25, -0.2) is 0 Å². The molecule has 0 amide bonds. The molecule has 10 nitrogen and oxygen atoms in total. The van der Waals surface area contributed by atoms with E-state index < -0.39 is 11.3 Å². The number of rotatable bonds is 4. The number of likely N-dealkylation sites (tertiary alicyclic amines) is 1. The summed E-state index contributed by atoms with van der Waals surface area (Å²) in [5, 5.41) is 38.0. The normalized spacial score (nSPS) is 30.0. The Labute approximate surface area is 144 Å². The third-order valence-electron chi connectivity index (χ3n) is 5.22. The molecule has 3 heterocycles. The molecule has 2 atom stereocenters. The quantitative estimate of drug-likeness (QED) is 0.811. The first-order valence-electron chi connectivity index (χ1n) is 8.56. The van der Waals surface area contributed by atoms with Crippen molar-refractivity contribution in [1.29, 1.82) is 0 Å². The van der Waals surface area contributed by atoms with Crippen LogP contribution in [0.4, 0.5) is 0 Å². The van der Waals surface area contributed by atoms with Crippen LogP contribution < -0.4 is 0 Å². The molecule has 0 aromatic carbocycles. The predicted octanol–water partition coefficient (Wildman–Crippen LogP) is 0.259. The molecular formula is C15H21N9O. The van der Waals surface area contributed by atoms with E-state index in [9.17, 15) is 5.11 Å². The Kier molecular flexibility index (Phi) is 3.92. The van der Waals surface area contributed by atoms with Crippen LogP contribution >= 0.6 is 0 Å². The van der Waals surface area contributed by atoms with Gasteiger partial charge in [-0.2, -0.15) is 9.90 Å². The Hall–Kier alpha value is -2.46. The van der Waals surface area contributed by atoms with Gasteiger partial charge in [0, 0.05) is 13.0 Å². The van der Waals surface area contributed by atoms with E-state index in [1.54, 1.807) is 4.68 Å². The second kappa shape index (κ2) is 6.12. The van der Waals surface area contributed by atoms with Gasteiger partial charge in [0.1, 0.15) is 5.60 Å². The molecule has 2 aromatic rings. The zero-order valence-corrected chi connectivity index (χ0v) is 14.1. The molecule has 2 aromatic heterocycles. The van der Waals surface area contributed by atoms with Crippen LogP contribution in [0.3, 0.4) is 0 Å². The number of nitrogens with zero attached hydrogens (tertiary/aromatic N) is 8. The van der Waals surface area contributed by atoms with Gasteiger partial charge in [0.2, 0.25) is 11.6 Å². The highest BCUT2D eigenvalue weighted by Crippen LogP contribution is 2.46. The molecule has 4 rings (SSSR count). The molecule has 1 aliphatic carbocycles. The van der Waals surface area contributed by atoms with Crippen LogP contribution in [0.2, 0.25) is 0 Å². The van der Waals surface area contributed by atoms with Crippen LogP contribution in [0.25, 0.3) is 11.6 Å². The van der Waals surface area contributed by atoms with Gasteiger partial charge in [-0.1, -0.05) is 25.2 Å². The summed E-state index contributed by atoms with van der Waals surface area (Å²) in [5.41, 5.74) is -1.94. The number of H-pyrrole nitrogens is 1. The first-order chi connectivity index (χ1) is 12.2. The lowest BCUT2D eigenvalue weighted by Gasteiger charge is -2.54. The molecule has 10 heteroatoms. The molecule has 1 saturated heterocycles. The molecule has 0 spiro atoms. The minimum atomic E-state index is -1.13. The minimum absolute atomic E-state index is 0.310. The summed E-state index contributed by atoms with van der Waals surface area (Å²) < 4.78 is 1.68. The largest absolute Gasteiger partial charge is 0.381 e. The lowest BCUT2D eigenvalue weighted by atomic mass is 9.75. The molecule has 132 valence electrons. The average Bonchev–Trinajstić information content (AvgIpc) is 3.33. The fourth-order valence-electron chi connectivity index (χ4n) is 4.09. The molecule has 1 fully saturated rings. The van der Waals surface area contributed by atoms with Gasteiger partial charge >= 0.3 is 0 Å². The molecule has 25 heavy (non-hydrogen) atoms. The average molecular weight is 343 g/mol. The summed E-state index contributed by atoms with van der Waals surface area (Å²) >= 11 is 0. The summed E-state index contributed by atoms with van der Waals surface area (Å²) in [6, 6.07) is 0. The Balaban J connectivity index is 1.92. The maximum Gasteiger partial charge on any atom is 0.243 e. The standard InChI is InChI=1S/C15H21N9O/c1-2-23-11-7-6-10-15(23,14(25)8-4-3-5-9-14)24-13(18-21-22-24)12-16-19-20-17-12/h3-5,8,25H,2,6-7,9-11H2,1H3,(H,16,17,19,20). The van der Waals surface area contributed by atoms with Crippen LogP contribution in [-0.4, -0.2) is 69.5 Å². The maximum absolute atomic E-state index is 11.7. The lowest BCUT2D eigenvalue weighted by molar-refractivity contribution is -0.157. The lowest BCUT2D eigenvalue weighted by Crippen LogP contribution is -2.66. The van der Waals surface area contributed by atoms with E-state index in [4.69, 9.17) is 0 Å². The fraction of sp³-hybridized carbons (Fsp3) is 0.600. The third kappa shape index (κ3) is 2.32. The number of aliphatic hydroxyl groups is 1. The van der Waals surface area contributed by atoms with Crippen molar-refractivity contribution >= 4 is 0 Å². The molecule has 0 bridgehead atoms. The smallest absolute Gasteiger partial charge is 0.243 e. The third-order valence-corrected chi connectivity index (χ3v) is 5.22. The Morgan fingerprint density at radius 2 is 2.20 bits per heavy atom. The summed E-state index contributed by atoms with van der Waals surface area (Å²) in [5.74, 6) is 0.704. The fourth-order valence-corrected chi connectivity index (χ4v) is 4.09. The van der Waals surface area contributed by atoms with Crippen LogP contribution in [-0.2, 0) is 5.66 Å². The van der Waals surface area contributed by atoms with Crippen molar-refractivity contribution in [3.8, 4) is 11.6 Å². The highest BCUT2D eigenvalue weighted by Gasteiger charge is 2.56. The Morgan fingerprint density at radius 1 is 1.28 bits per heavy atom. The number of allylic oxidation sites excluding steroid dienone is 2. The number of piperidine rings is 1. The zero-order valence-electron chi connectivity index (χ0n) is 14.1. The highest BCUT2D eigenvalue weighted by molar-refractivity contribution is 5.41. The van der Waals surface area contributed by atoms with Gasteiger partial charge in [-0.3, -0.25) is 4.90 Å². The van der Waals surface area contributed by atoms with E-state index in [-0.39, 0.29) is 0 Å².